The highest BCUT2D eigenvalue weighted by Gasteiger charge is 2.06. The van der Waals surface area contributed by atoms with Crippen LogP contribution in [0.3, 0.4) is 0 Å². The van der Waals surface area contributed by atoms with E-state index in [0.717, 1.165) is 50.4 Å². The monoisotopic (exact) mass is 250 g/mol. The van der Waals surface area contributed by atoms with Crippen molar-refractivity contribution in [3.8, 4) is 0 Å². The van der Waals surface area contributed by atoms with E-state index >= 15 is 0 Å². The zero-order chi connectivity index (χ0) is 13.4. The Morgan fingerprint density at radius 2 is 2.00 bits per heavy atom. The summed E-state index contributed by atoms with van der Waals surface area (Å²) in [5.41, 5.74) is 7.02. The van der Waals surface area contributed by atoms with Gasteiger partial charge in [-0.1, -0.05) is 20.8 Å². The molecule has 1 atom stereocenters. The molecule has 18 heavy (non-hydrogen) atoms. The number of hydrogen-bond acceptors (Lipinski definition) is 4. The highest BCUT2D eigenvalue weighted by atomic mass is 15.1. The van der Waals surface area contributed by atoms with Crippen molar-refractivity contribution < 1.29 is 0 Å². The molecule has 4 nitrogen and oxygen atoms in total. The largest absolute Gasteiger partial charge is 0.327 e. The van der Waals surface area contributed by atoms with Gasteiger partial charge in [-0.25, -0.2) is 9.97 Å². The summed E-state index contributed by atoms with van der Waals surface area (Å²) in [4.78, 5) is 11.3. The van der Waals surface area contributed by atoms with Gasteiger partial charge in [0, 0.05) is 37.3 Å². The Kier molecular flexibility index (Phi) is 6.83. The Labute approximate surface area is 111 Å². The van der Waals surface area contributed by atoms with Gasteiger partial charge in [-0.3, -0.25) is 0 Å². The van der Waals surface area contributed by atoms with Crippen LogP contribution in [0.1, 0.15) is 38.7 Å². The third-order valence-corrected chi connectivity index (χ3v) is 3.30. The molecule has 4 heteroatoms. The molecule has 1 rings (SSSR count). The molecule has 0 aliphatic rings. The molecule has 0 bridgehead atoms. The van der Waals surface area contributed by atoms with Gasteiger partial charge in [0.1, 0.15) is 5.82 Å². The first-order valence-electron chi connectivity index (χ1n) is 6.98. The molecule has 0 spiro atoms. The van der Waals surface area contributed by atoms with Crippen LogP contribution in [0.2, 0.25) is 0 Å². The van der Waals surface area contributed by atoms with Gasteiger partial charge in [0.05, 0.1) is 0 Å². The van der Waals surface area contributed by atoms with E-state index in [-0.39, 0.29) is 6.04 Å². The van der Waals surface area contributed by atoms with Crippen LogP contribution in [0.4, 0.5) is 0 Å². The van der Waals surface area contributed by atoms with E-state index in [0.29, 0.717) is 0 Å². The summed E-state index contributed by atoms with van der Waals surface area (Å²) >= 11 is 0. The van der Waals surface area contributed by atoms with Crippen molar-refractivity contribution in [1.29, 1.82) is 0 Å². The molecule has 0 aliphatic carbocycles. The molecule has 1 unspecified atom stereocenters. The van der Waals surface area contributed by atoms with Crippen LogP contribution in [-0.2, 0) is 12.8 Å². The van der Waals surface area contributed by atoms with E-state index in [4.69, 9.17) is 5.73 Å². The van der Waals surface area contributed by atoms with E-state index in [1.165, 1.54) is 0 Å². The second kappa shape index (κ2) is 8.16. The Hall–Kier alpha value is -1.00. The molecule has 0 saturated heterocycles. The van der Waals surface area contributed by atoms with Crippen LogP contribution in [0, 0.1) is 0 Å². The lowest BCUT2D eigenvalue weighted by Gasteiger charge is -2.17. The molecule has 0 fully saturated rings. The SMILES string of the molecule is CCC(N)Cc1ccnc(CCN(CC)CC)n1. The van der Waals surface area contributed by atoms with Gasteiger partial charge in [0.2, 0.25) is 0 Å². The van der Waals surface area contributed by atoms with Crippen molar-refractivity contribution >= 4 is 0 Å². The second-order valence-electron chi connectivity index (χ2n) is 4.61. The summed E-state index contributed by atoms with van der Waals surface area (Å²) in [6.07, 6.45) is 4.59. The summed E-state index contributed by atoms with van der Waals surface area (Å²) in [5.74, 6) is 0.933. The van der Waals surface area contributed by atoms with E-state index < -0.39 is 0 Å². The van der Waals surface area contributed by atoms with Crippen LogP contribution in [0.5, 0.6) is 0 Å². The number of nitrogens with zero attached hydrogens (tertiary/aromatic N) is 3. The zero-order valence-corrected chi connectivity index (χ0v) is 11.9. The Morgan fingerprint density at radius 3 is 2.61 bits per heavy atom. The van der Waals surface area contributed by atoms with Crippen molar-refractivity contribution in [3.63, 3.8) is 0 Å². The van der Waals surface area contributed by atoms with Gasteiger partial charge in [-0.05, 0) is 25.6 Å². The lowest BCUT2D eigenvalue weighted by Crippen LogP contribution is -2.26. The first-order chi connectivity index (χ1) is 8.69. The van der Waals surface area contributed by atoms with Gasteiger partial charge in [-0.2, -0.15) is 0 Å². The molecule has 0 radical (unpaired) electrons. The molecule has 2 N–H and O–H groups in total. The van der Waals surface area contributed by atoms with Gasteiger partial charge in [-0.15, -0.1) is 0 Å². The van der Waals surface area contributed by atoms with Gasteiger partial charge >= 0.3 is 0 Å². The third kappa shape index (κ3) is 5.10. The molecule has 0 saturated carbocycles. The maximum Gasteiger partial charge on any atom is 0.129 e. The first kappa shape index (κ1) is 15.1. The Morgan fingerprint density at radius 1 is 1.28 bits per heavy atom. The van der Waals surface area contributed by atoms with E-state index in [1.807, 2.05) is 12.3 Å². The fraction of sp³-hybridized carbons (Fsp3) is 0.714. The van der Waals surface area contributed by atoms with Crippen LogP contribution in [-0.4, -0.2) is 40.5 Å². The molecular formula is C14H26N4. The first-order valence-corrected chi connectivity index (χ1v) is 6.98. The minimum atomic E-state index is 0.204. The highest BCUT2D eigenvalue weighted by Crippen LogP contribution is 2.02. The number of hydrogen-bond donors (Lipinski definition) is 1. The molecular weight excluding hydrogens is 224 g/mol. The lowest BCUT2D eigenvalue weighted by molar-refractivity contribution is 0.305. The lowest BCUT2D eigenvalue weighted by atomic mass is 10.1. The summed E-state index contributed by atoms with van der Waals surface area (Å²) in [6.45, 7) is 9.65. The van der Waals surface area contributed by atoms with Gasteiger partial charge in [0.25, 0.3) is 0 Å². The molecule has 1 aromatic heterocycles. The fourth-order valence-corrected chi connectivity index (χ4v) is 1.89. The smallest absolute Gasteiger partial charge is 0.129 e. The number of nitrogens with two attached hydrogens (primary N) is 1. The third-order valence-electron chi connectivity index (χ3n) is 3.30. The van der Waals surface area contributed by atoms with Gasteiger partial charge < -0.3 is 10.6 Å². The van der Waals surface area contributed by atoms with Crippen LogP contribution >= 0.6 is 0 Å². The molecule has 0 amide bonds. The molecule has 0 aromatic carbocycles. The van der Waals surface area contributed by atoms with E-state index in [2.05, 4.69) is 35.6 Å². The second-order valence-corrected chi connectivity index (χ2v) is 4.61. The molecule has 1 heterocycles. The van der Waals surface area contributed by atoms with Crippen LogP contribution in [0.15, 0.2) is 12.3 Å². The molecule has 0 aliphatic heterocycles. The van der Waals surface area contributed by atoms with Crippen LogP contribution in [0.25, 0.3) is 0 Å². The summed E-state index contributed by atoms with van der Waals surface area (Å²) in [7, 11) is 0. The predicted molar refractivity (Wildman–Crippen MR) is 75.5 cm³/mol. The van der Waals surface area contributed by atoms with Crippen molar-refractivity contribution in [2.75, 3.05) is 19.6 Å². The number of aromatic nitrogens is 2. The number of likely N-dealkylation sites (N-methyl/N-ethyl adjacent to an activating group) is 1. The quantitative estimate of drug-likeness (QED) is 0.762. The standard InChI is InChI=1S/C14H26N4/c1-4-12(15)11-13-7-9-16-14(17-13)8-10-18(5-2)6-3/h7,9,12H,4-6,8,10-11,15H2,1-3H3. The topological polar surface area (TPSA) is 55.0 Å². The molecule has 102 valence electrons. The fourth-order valence-electron chi connectivity index (χ4n) is 1.89. The molecule has 1 aromatic rings. The van der Waals surface area contributed by atoms with Crippen molar-refractivity contribution in [3.05, 3.63) is 23.8 Å². The van der Waals surface area contributed by atoms with E-state index in [1.54, 1.807) is 0 Å². The predicted octanol–water partition coefficient (Wildman–Crippen LogP) is 1.64. The van der Waals surface area contributed by atoms with Crippen molar-refractivity contribution in [2.24, 2.45) is 5.73 Å². The average molecular weight is 250 g/mol. The summed E-state index contributed by atoms with van der Waals surface area (Å²) < 4.78 is 0. The van der Waals surface area contributed by atoms with Gasteiger partial charge in [0.15, 0.2) is 0 Å². The van der Waals surface area contributed by atoms with Crippen molar-refractivity contribution in [2.45, 2.75) is 46.1 Å². The maximum absolute atomic E-state index is 5.95. The minimum absolute atomic E-state index is 0.204. The van der Waals surface area contributed by atoms with Crippen LogP contribution < -0.4 is 5.73 Å². The normalized spacial score (nSPS) is 12.9. The minimum Gasteiger partial charge on any atom is -0.327 e. The Balaban J connectivity index is 2.53. The summed E-state index contributed by atoms with van der Waals surface area (Å²) in [5, 5.41) is 0. The maximum atomic E-state index is 5.95. The van der Waals surface area contributed by atoms with E-state index in [9.17, 15) is 0 Å². The average Bonchev–Trinajstić information content (AvgIpc) is 2.40. The highest BCUT2D eigenvalue weighted by molar-refractivity contribution is 5.04. The van der Waals surface area contributed by atoms with Crippen molar-refractivity contribution in [1.82, 2.24) is 14.9 Å². The Bertz CT molecular complexity index is 336. The summed E-state index contributed by atoms with van der Waals surface area (Å²) in [6, 6.07) is 2.17. The zero-order valence-electron chi connectivity index (χ0n) is 11.9. The number of rotatable bonds is 8.